The summed E-state index contributed by atoms with van der Waals surface area (Å²) in [5, 5.41) is 13.5. The second-order valence-electron chi connectivity index (χ2n) is 6.16. The average Bonchev–Trinajstić information content (AvgIpc) is 3.20. The van der Waals surface area contributed by atoms with E-state index in [1.165, 1.54) is 31.7 Å². The third kappa shape index (κ3) is 2.78. The van der Waals surface area contributed by atoms with Gasteiger partial charge in [-0.05, 0) is 30.4 Å². The van der Waals surface area contributed by atoms with E-state index in [9.17, 15) is 9.90 Å². The number of ether oxygens (including phenoxy) is 1. The number of nitrogens with zero attached hydrogens (tertiary/aromatic N) is 4. The molecule has 7 nitrogen and oxygen atoms in total. The highest BCUT2D eigenvalue weighted by Gasteiger charge is 2.23. The Labute approximate surface area is 138 Å². The number of carbonyl (C=O) groups is 1. The van der Waals surface area contributed by atoms with Crippen molar-refractivity contribution in [1.82, 2.24) is 19.2 Å². The van der Waals surface area contributed by atoms with Crippen molar-refractivity contribution >= 4 is 11.6 Å². The van der Waals surface area contributed by atoms with Crippen LogP contribution in [0, 0.1) is 0 Å². The second-order valence-corrected chi connectivity index (χ2v) is 6.16. The van der Waals surface area contributed by atoms with Gasteiger partial charge in [-0.25, -0.2) is 9.78 Å². The molecule has 0 unspecified atom stereocenters. The minimum atomic E-state index is -1.00. The van der Waals surface area contributed by atoms with E-state index in [-0.39, 0.29) is 12.2 Å². The van der Waals surface area contributed by atoms with Gasteiger partial charge in [0.25, 0.3) is 0 Å². The van der Waals surface area contributed by atoms with Crippen LogP contribution in [0.2, 0.25) is 0 Å². The molecule has 4 rings (SSSR count). The first-order chi connectivity index (χ1) is 11.6. The number of rotatable bonds is 6. The van der Waals surface area contributed by atoms with Crippen molar-refractivity contribution in [1.29, 1.82) is 0 Å². The van der Waals surface area contributed by atoms with Crippen LogP contribution < -0.4 is 0 Å². The Bertz CT molecular complexity index is 908. The van der Waals surface area contributed by atoms with Crippen molar-refractivity contribution in [2.75, 3.05) is 7.11 Å². The van der Waals surface area contributed by atoms with E-state index >= 15 is 0 Å². The van der Waals surface area contributed by atoms with Gasteiger partial charge in [-0.15, -0.1) is 0 Å². The predicted octanol–water partition coefficient (Wildman–Crippen LogP) is 2.30. The van der Waals surface area contributed by atoms with Crippen LogP contribution in [0.3, 0.4) is 0 Å². The molecule has 3 heterocycles. The highest BCUT2D eigenvalue weighted by atomic mass is 16.5. The van der Waals surface area contributed by atoms with Gasteiger partial charge in [-0.3, -0.25) is 4.68 Å². The van der Waals surface area contributed by atoms with Crippen molar-refractivity contribution in [3.8, 4) is 0 Å². The fraction of sp³-hybridized carbons (Fsp3) is 0.353. The number of aromatic nitrogens is 4. The zero-order chi connectivity index (χ0) is 16.7. The van der Waals surface area contributed by atoms with Crippen LogP contribution in [0.5, 0.6) is 0 Å². The average molecular weight is 326 g/mol. The molecular formula is C17H18N4O3. The van der Waals surface area contributed by atoms with Crippen molar-refractivity contribution in [2.45, 2.75) is 31.9 Å². The molecule has 7 heteroatoms. The van der Waals surface area contributed by atoms with E-state index in [0.29, 0.717) is 18.2 Å². The minimum absolute atomic E-state index is 0.164. The maximum Gasteiger partial charge on any atom is 0.339 e. The molecule has 0 spiro atoms. The van der Waals surface area contributed by atoms with Gasteiger partial charge < -0.3 is 14.2 Å². The van der Waals surface area contributed by atoms with Gasteiger partial charge in [0.15, 0.2) is 0 Å². The normalized spacial score (nSPS) is 14.4. The topological polar surface area (TPSA) is 81.7 Å². The lowest BCUT2D eigenvalue weighted by molar-refractivity contribution is 0.0691. The predicted molar refractivity (Wildman–Crippen MR) is 86.2 cm³/mol. The summed E-state index contributed by atoms with van der Waals surface area (Å²) >= 11 is 0. The molecule has 3 aromatic heterocycles. The number of carboxylic acid groups (broad SMARTS) is 1. The quantitative estimate of drug-likeness (QED) is 0.751. The Morgan fingerprint density at radius 2 is 2.17 bits per heavy atom. The number of aromatic carboxylic acids is 1. The Balaban J connectivity index is 1.61. The number of carboxylic acids is 1. The Kier molecular flexibility index (Phi) is 3.57. The van der Waals surface area contributed by atoms with Crippen molar-refractivity contribution in [2.24, 2.45) is 0 Å². The SMILES string of the molecule is COCc1nn(Cc2cn3cc(C4CC4)ccc3n2)cc1C(=O)O. The molecule has 3 aromatic rings. The maximum atomic E-state index is 11.3. The first-order valence-corrected chi connectivity index (χ1v) is 7.90. The minimum Gasteiger partial charge on any atom is -0.478 e. The van der Waals surface area contributed by atoms with Gasteiger partial charge >= 0.3 is 5.97 Å². The molecule has 124 valence electrons. The van der Waals surface area contributed by atoms with Crippen LogP contribution in [0.4, 0.5) is 0 Å². The van der Waals surface area contributed by atoms with E-state index in [0.717, 1.165) is 11.3 Å². The maximum absolute atomic E-state index is 11.3. The van der Waals surface area contributed by atoms with Crippen LogP contribution in [0.25, 0.3) is 5.65 Å². The monoisotopic (exact) mass is 326 g/mol. The summed E-state index contributed by atoms with van der Waals surface area (Å²) in [4.78, 5) is 15.9. The van der Waals surface area contributed by atoms with E-state index < -0.39 is 5.97 Å². The first kappa shape index (κ1) is 14.9. The number of hydrogen-bond donors (Lipinski definition) is 1. The zero-order valence-corrected chi connectivity index (χ0v) is 13.3. The van der Waals surface area contributed by atoms with Gasteiger partial charge in [-0.2, -0.15) is 5.10 Å². The molecule has 0 aliphatic heterocycles. The molecule has 24 heavy (non-hydrogen) atoms. The lowest BCUT2D eigenvalue weighted by atomic mass is 10.2. The molecule has 1 N–H and O–H groups in total. The van der Waals surface area contributed by atoms with Crippen LogP contribution in [0.1, 0.15) is 46.1 Å². The van der Waals surface area contributed by atoms with E-state index in [1.807, 2.05) is 16.7 Å². The molecule has 0 radical (unpaired) electrons. The van der Waals surface area contributed by atoms with E-state index in [1.54, 1.807) is 4.68 Å². The number of fused-ring (bicyclic) bond motifs is 1. The van der Waals surface area contributed by atoms with Crippen molar-refractivity contribution in [3.05, 3.63) is 53.2 Å². The molecule has 1 aliphatic rings. The van der Waals surface area contributed by atoms with Crippen LogP contribution in [-0.2, 0) is 17.9 Å². The summed E-state index contributed by atoms with van der Waals surface area (Å²) in [6.45, 7) is 0.592. The van der Waals surface area contributed by atoms with Gasteiger partial charge in [0.1, 0.15) is 16.9 Å². The number of pyridine rings is 1. The first-order valence-electron chi connectivity index (χ1n) is 7.90. The smallest absolute Gasteiger partial charge is 0.339 e. The highest BCUT2D eigenvalue weighted by Crippen LogP contribution is 2.39. The molecule has 0 saturated heterocycles. The van der Waals surface area contributed by atoms with Gasteiger partial charge in [-0.1, -0.05) is 6.07 Å². The highest BCUT2D eigenvalue weighted by molar-refractivity contribution is 5.88. The third-order valence-electron chi connectivity index (χ3n) is 4.25. The molecule has 0 bridgehead atoms. The van der Waals surface area contributed by atoms with Crippen molar-refractivity contribution < 1.29 is 14.6 Å². The van der Waals surface area contributed by atoms with E-state index in [4.69, 9.17) is 4.74 Å². The lowest BCUT2D eigenvalue weighted by Gasteiger charge is -1.98. The Morgan fingerprint density at radius 1 is 1.33 bits per heavy atom. The van der Waals surface area contributed by atoms with Crippen LogP contribution in [0.15, 0.2) is 30.7 Å². The number of methoxy groups -OCH3 is 1. The van der Waals surface area contributed by atoms with Crippen LogP contribution in [-0.4, -0.2) is 37.4 Å². The summed E-state index contributed by atoms with van der Waals surface area (Å²) in [5.41, 5.74) is 3.66. The lowest BCUT2D eigenvalue weighted by Crippen LogP contribution is -2.02. The summed E-state index contributed by atoms with van der Waals surface area (Å²) in [6.07, 6.45) is 8.16. The largest absolute Gasteiger partial charge is 0.478 e. The van der Waals surface area contributed by atoms with Gasteiger partial charge in [0.2, 0.25) is 0 Å². The Morgan fingerprint density at radius 3 is 2.88 bits per heavy atom. The molecule has 0 atom stereocenters. The standard InChI is InChI=1S/C17H18N4O3/c1-24-10-15-14(17(22)23)9-21(19-15)8-13-7-20-6-12(11-2-3-11)4-5-16(20)18-13/h4-7,9,11H,2-3,8,10H2,1H3,(H,22,23). The second kappa shape index (κ2) is 5.76. The molecule has 0 amide bonds. The Hall–Kier alpha value is -2.67. The van der Waals surface area contributed by atoms with Gasteiger partial charge in [0.05, 0.1) is 18.8 Å². The van der Waals surface area contributed by atoms with Crippen molar-refractivity contribution in [3.63, 3.8) is 0 Å². The fourth-order valence-corrected chi connectivity index (χ4v) is 2.93. The molecular weight excluding hydrogens is 308 g/mol. The summed E-state index contributed by atoms with van der Waals surface area (Å²) in [7, 11) is 1.52. The van der Waals surface area contributed by atoms with Crippen LogP contribution >= 0.6 is 0 Å². The summed E-state index contributed by atoms with van der Waals surface area (Å²) in [6, 6.07) is 4.16. The summed E-state index contributed by atoms with van der Waals surface area (Å²) in [5.74, 6) is -0.307. The number of imidazole rings is 1. The molecule has 0 aromatic carbocycles. The zero-order valence-electron chi connectivity index (χ0n) is 13.3. The molecule has 1 aliphatic carbocycles. The summed E-state index contributed by atoms with van der Waals surface area (Å²) < 4.78 is 8.64. The molecule has 1 saturated carbocycles. The number of hydrogen-bond acceptors (Lipinski definition) is 4. The molecule has 1 fully saturated rings. The third-order valence-corrected chi connectivity index (χ3v) is 4.25. The van der Waals surface area contributed by atoms with E-state index in [2.05, 4.69) is 22.3 Å². The fourth-order valence-electron chi connectivity index (χ4n) is 2.93. The van der Waals surface area contributed by atoms with Gasteiger partial charge in [0, 0.05) is 25.7 Å².